The van der Waals surface area contributed by atoms with Crippen LogP contribution in [-0.4, -0.2) is 221 Å². The summed E-state index contributed by atoms with van der Waals surface area (Å²) in [5.41, 5.74) is 6.52. The fourth-order valence-electron chi connectivity index (χ4n) is 12.6. The number of alkyl carbamates (subject to hydrolysis) is 3. The van der Waals surface area contributed by atoms with Gasteiger partial charge >= 0.3 is 48.1 Å². The van der Waals surface area contributed by atoms with E-state index >= 15 is 0 Å². The van der Waals surface area contributed by atoms with E-state index in [9.17, 15) is 38.4 Å². The van der Waals surface area contributed by atoms with Crippen LogP contribution in [-0.2, 0) is 83.3 Å². The maximum Gasteiger partial charge on any atom is 0.410 e. The molecule has 28 nitrogen and oxygen atoms in total. The second-order valence-corrected chi connectivity index (χ2v) is 34.1. The lowest BCUT2D eigenvalue weighted by Gasteiger charge is -2.34. The van der Waals surface area contributed by atoms with Crippen molar-refractivity contribution in [3.05, 3.63) is 144 Å². The molecule has 4 unspecified atom stereocenters. The number of hydrogen-bond donors (Lipinski definition) is 4. The molecule has 4 aromatic carbocycles. The molecule has 4 aromatic rings. The molecule has 8 atom stereocenters. The largest absolute Gasteiger partial charge is 0.449 e. The molecule has 5 N–H and O–H groups in total. The van der Waals surface area contributed by atoms with E-state index in [1.807, 2.05) is 204 Å². The van der Waals surface area contributed by atoms with Crippen LogP contribution in [0.1, 0.15) is 182 Å². The predicted octanol–water partition coefficient (Wildman–Crippen LogP) is 16.5. The van der Waals surface area contributed by atoms with Gasteiger partial charge in [0.05, 0.1) is 18.1 Å². The Hall–Kier alpha value is -8.67. The highest BCUT2D eigenvalue weighted by molar-refractivity contribution is 6.61. The lowest BCUT2D eigenvalue weighted by Crippen LogP contribution is -2.48. The number of carbonyl (C=O) groups excluding carboxylic acids is 8. The van der Waals surface area contributed by atoms with E-state index < -0.39 is 64.4 Å². The minimum Gasteiger partial charge on any atom is -0.449 e. The van der Waals surface area contributed by atoms with Gasteiger partial charge in [0.1, 0.15) is 48.8 Å². The van der Waals surface area contributed by atoms with E-state index in [-0.39, 0.29) is 56.7 Å². The molecular weight excluding hydrogens is 1520 g/mol. The summed E-state index contributed by atoms with van der Waals surface area (Å²) in [6, 6.07) is 37.3. The van der Waals surface area contributed by atoms with Crippen molar-refractivity contribution in [2.75, 3.05) is 107 Å². The smallest absolute Gasteiger partial charge is 0.410 e. The number of ether oxygens (including phenoxy) is 12. The summed E-state index contributed by atoms with van der Waals surface area (Å²) in [5.74, 6) is 1.54. The molecule has 4 saturated heterocycles. The molecule has 4 heterocycles. The normalized spacial score (nSPS) is 17.7. The first-order valence-electron chi connectivity index (χ1n) is 40.9. The van der Waals surface area contributed by atoms with Crippen LogP contribution in [0.5, 0.6) is 0 Å². The average molecular weight is 1660 g/mol. The fraction of sp³-hybridized carbons (Fsp3) is 0.636. The van der Waals surface area contributed by atoms with Crippen LogP contribution in [0.15, 0.2) is 121 Å². The second-order valence-electron chi connectivity index (χ2n) is 33.8. The lowest BCUT2D eigenvalue weighted by atomic mass is 9.94. The Balaban J connectivity index is 0.000000317. The Morgan fingerprint density at radius 2 is 0.581 bits per heavy atom. The van der Waals surface area contributed by atoms with Gasteiger partial charge in [0.15, 0.2) is 0 Å². The van der Waals surface area contributed by atoms with Crippen molar-refractivity contribution in [2.24, 2.45) is 29.4 Å². The second kappa shape index (κ2) is 53.7. The molecule has 4 aliphatic rings. The molecule has 0 aromatic heterocycles. The van der Waals surface area contributed by atoms with E-state index in [1.54, 1.807) is 47.8 Å². The molecule has 0 aliphatic carbocycles. The van der Waals surface area contributed by atoms with Crippen molar-refractivity contribution >= 4 is 59.7 Å². The zero-order chi connectivity index (χ0) is 86.4. The van der Waals surface area contributed by atoms with E-state index in [0.29, 0.717) is 69.7 Å². The van der Waals surface area contributed by atoms with Crippen LogP contribution >= 0.6 is 11.6 Å². The summed E-state index contributed by atoms with van der Waals surface area (Å²) in [7, 11) is 6.88. The van der Waals surface area contributed by atoms with E-state index in [2.05, 4.69) is 20.7 Å². The Labute approximate surface area is 700 Å². The minimum absolute atomic E-state index is 0.0153. The number of benzene rings is 4. The van der Waals surface area contributed by atoms with Gasteiger partial charge in [0.2, 0.25) is 0 Å². The van der Waals surface area contributed by atoms with Gasteiger partial charge in [-0.25, -0.2) is 38.4 Å². The standard InChI is InChI=1S/3C22H34N2O5.C14H28N2O3.C8H7ClO2/c3*1-22(2,3)29-21(26)24(4)19(13-18-11-8-12-27-15-18)14-23-20(25)28-16-17-9-6-5-7-10-17;1-14(2,3)19-13(17)16(4)12(9-15)8-11-6-5-7-18-10-11;9-8(10)11-6-7-4-2-1-3-5-7/h3*5-7,9-10,18-19H,8,11-16H2,1-4H3,(H,23,25);11-12H,5-10,15H2,1-4H3;1-5H,6H2/t3*18?,19-;11?,12-;/m1101./s1. The molecule has 656 valence electrons. The fourth-order valence-corrected chi connectivity index (χ4v) is 12.7. The summed E-state index contributed by atoms with van der Waals surface area (Å²) in [6.45, 7) is 30.3. The van der Waals surface area contributed by atoms with Crippen molar-refractivity contribution in [3.8, 4) is 0 Å². The highest BCUT2D eigenvalue weighted by Gasteiger charge is 2.34. The van der Waals surface area contributed by atoms with Crippen LogP contribution in [0, 0.1) is 23.7 Å². The van der Waals surface area contributed by atoms with Gasteiger partial charge in [0.25, 0.3) is 0 Å². The van der Waals surface area contributed by atoms with Gasteiger partial charge in [-0.3, -0.25) is 0 Å². The number of nitrogens with zero attached hydrogens (tertiary/aromatic N) is 4. The molecule has 0 saturated carbocycles. The molecule has 0 spiro atoms. The van der Waals surface area contributed by atoms with Gasteiger partial charge < -0.3 is 98.1 Å². The summed E-state index contributed by atoms with van der Waals surface area (Å²) < 4.78 is 64.4. The molecular formula is C88H137ClN8O20. The summed E-state index contributed by atoms with van der Waals surface area (Å²) >= 11 is 4.97. The van der Waals surface area contributed by atoms with Crippen LogP contribution in [0.2, 0.25) is 0 Å². The van der Waals surface area contributed by atoms with Crippen molar-refractivity contribution in [3.63, 3.8) is 0 Å². The molecule has 0 radical (unpaired) electrons. The van der Waals surface area contributed by atoms with Crippen molar-refractivity contribution < 1.29 is 95.2 Å². The molecule has 7 amide bonds. The average Bonchev–Trinajstić information content (AvgIpc) is 0.876. The molecule has 29 heteroatoms. The van der Waals surface area contributed by atoms with Gasteiger partial charge in [-0.2, -0.15) is 0 Å². The van der Waals surface area contributed by atoms with Gasteiger partial charge in [0, 0.05) is 125 Å². The van der Waals surface area contributed by atoms with E-state index in [1.165, 1.54) is 0 Å². The van der Waals surface area contributed by atoms with Crippen molar-refractivity contribution in [1.29, 1.82) is 0 Å². The highest BCUT2D eigenvalue weighted by Crippen LogP contribution is 2.27. The SMILES string of the molecule is CN(C(=O)OC(C)(C)C)[C@@H](CN)CC1CCCOC1.CN(C(=O)OC(C)(C)C)[C@@H](CNC(=O)OCc1ccccc1)CC1CCCOC1.CN(C(=O)OC(C)(C)C)[C@@H](CNC(=O)OCc1ccccc1)CC1CCCOC1.CN(C(=O)OC(C)(C)C)[C@H](CNC(=O)OCc1ccccc1)CC1CCCOC1.O=C(Cl)OCc1ccccc1. The monoisotopic (exact) mass is 1660 g/mol. The number of amides is 7. The summed E-state index contributed by atoms with van der Waals surface area (Å²) in [4.78, 5) is 103. The molecule has 0 bridgehead atoms. The maximum atomic E-state index is 12.5. The van der Waals surface area contributed by atoms with Crippen LogP contribution in [0.25, 0.3) is 0 Å². The van der Waals surface area contributed by atoms with E-state index in [4.69, 9.17) is 69.4 Å². The first-order chi connectivity index (χ1) is 55.3. The van der Waals surface area contributed by atoms with Gasteiger partial charge in [-0.15, -0.1) is 0 Å². The third kappa shape index (κ3) is 46.3. The third-order valence-electron chi connectivity index (χ3n) is 18.9. The van der Waals surface area contributed by atoms with Crippen molar-refractivity contribution in [1.82, 2.24) is 35.6 Å². The zero-order valence-corrected chi connectivity index (χ0v) is 73.1. The van der Waals surface area contributed by atoms with Crippen molar-refractivity contribution in [2.45, 2.75) is 233 Å². The topological polar surface area (TPSA) is 322 Å². The molecule has 4 fully saturated rings. The summed E-state index contributed by atoms with van der Waals surface area (Å²) in [5, 5.41) is 8.37. The Morgan fingerprint density at radius 3 is 0.778 bits per heavy atom. The number of nitrogens with one attached hydrogen (secondary N) is 3. The van der Waals surface area contributed by atoms with Crippen LogP contribution in [0.4, 0.5) is 38.4 Å². The van der Waals surface area contributed by atoms with E-state index in [0.717, 1.165) is 132 Å². The maximum absolute atomic E-state index is 12.5. The van der Waals surface area contributed by atoms with Gasteiger partial charge in [-0.05, 0) is 206 Å². The predicted molar refractivity (Wildman–Crippen MR) is 449 cm³/mol. The third-order valence-corrected chi connectivity index (χ3v) is 19.0. The number of likely N-dealkylation sites (N-methyl/N-ethyl adjacent to an activating group) is 4. The Morgan fingerprint density at radius 1 is 0.368 bits per heavy atom. The minimum atomic E-state index is -0.770. The zero-order valence-electron chi connectivity index (χ0n) is 72.4. The molecule has 4 aliphatic heterocycles. The quantitative estimate of drug-likeness (QED) is 0.0318. The van der Waals surface area contributed by atoms with Gasteiger partial charge in [-0.1, -0.05) is 121 Å². The molecule has 117 heavy (non-hydrogen) atoms. The Kier molecular flexibility index (Phi) is 46.2. The lowest BCUT2D eigenvalue weighted by molar-refractivity contribution is 0.0106. The number of rotatable bonds is 27. The summed E-state index contributed by atoms with van der Waals surface area (Å²) in [6.07, 6.45) is 8.49. The highest BCUT2D eigenvalue weighted by atomic mass is 35.5. The number of carbonyl (C=O) groups is 8. The first-order valence-corrected chi connectivity index (χ1v) is 41.3. The van der Waals surface area contributed by atoms with Crippen LogP contribution < -0.4 is 21.7 Å². The number of nitrogens with two attached hydrogens (primary N) is 1. The first kappa shape index (κ1) is 101. The number of halogens is 1. The Bertz CT molecular complexity index is 3180. The molecule has 8 rings (SSSR count). The van der Waals surface area contributed by atoms with Crippen LogP contribution in [0.3, 0.4) is 0 Å². The number of hydrogen-bond acceptors (Lipinski definition) is 21.